The Kier molecular flexibility index (Phi) is 5.27. The fourth-order valence-electron chi connectivity index (χ4n) is 1.92. The summed E-state index contributed by atoms with van der Waals surface area (Å²) in [6, 6.07) is 13.7. The average molecular weight is 292 g/mol. The van der Waals surface area contributed by atoms with E-state index in [9.17, 15) is 0 Å². The molecule has 0 radical (unpaired) electrons. The first-order valence-corrected chi connectivity index (χ1v) is 6.76. The summed E-state index contributed by atoms with van der Waals surface area (Å²) in [5.41, 5.74) is 2.32. The van der Waals surface area contributed by atoms with Crippen molar-refractivity contribution in [1.82, 2.24) is 5.32 Å². The lowest BCUT2D eigenvalue weighted by molar-refractivity contribution is 0.393. The minimum absolute atomic E-state index is 0.746. The van der Waals surface area contributed by atoms with Crippen molar-refractivity contribution in [3.63, 3.8) is 0 Å². The van der Waals surface area contributed by atoms with E-state index in [2.05, 4.69) is 5.32 Å². The SMILES string of the molecule is COc1cc(CNCc2ccc(Cl)cc2)cc(OC)c1. The van der Waals surface area contributed by atoms with Gasteiger partial charge < -0.3 is 14.8 Å². The third-order valence-electron chi connectivity index (χ3n) is 2.98. The molecule has 2 aromatic carbocycles. The van der Waals surface area contributed by atoms with E-state index in [1.165, 1.54) is 5.56 Å². The highest BCUT2D eigenvalue weighted by atomic mass is 35.5. The zero-order valence-electron chi connectivity index (χ0n) is 11.7. The zero-order valence-corrected chi connectivity index (χ0v) is 12.4. The van der Waals surface area contributed by atoms with E-state index < -0.39 is 0 Å². The highest BCUT2D eigenvalue weighted by Gasteiger charge is 2.02. The lowest BCUT2D eigenvalue weighted by Crippen LogP contribution is -2.12. The summed E-state index contributed by atoms with van der Waals surface area (Å²) in [4.78, 5) is 0. The molecule has 0 fully saturated rings. The Morgan fingerprint density at radius 1 is 0.850 bits per heavy atom. The molecule has 1 N–H and O–H groups in total. The second-order valence-corrected chi connectivity index (χ2v) is 4.89. The van der Waals surface area contributed by atoms with Crippen LogP contribution < -0.4 is 14.8 Å². The molecule has 2 rings (SSSR count). The highest BCUT2D eigenvalue weighted by molar-refractivity contribution is 6.30. The first-order valence-electron chi connectivity index (χ1n) is 6.38. The summed E-state index contributed by atoms with van der Waals surface area (Å²) in [6.45, 7) is 1.53. The Bertz CT molecular complexity index is 533. The van der Waals surface area contributed by atoms with Crippen LogP contribution in [0.3, 0.4) is 0 Å². The second-order valence-electron chi connectivity index (χ2n) is 4.45. The average Bonchev–Trinajstić information content (AvgIpc) is 2.49. The van der Waals surface area contributed by atoms with Gasteiger partial charge in [-0.3, -0.25) is 0 Å². The van der Waals surface area contributed by atoms with E-state index >= 15 is 0 Å². The summed E-state index contributed by atoms with van der Waals surface area (Å²) < 4.78 is 10.5. The maximum atomic E-state index is 5.86. The topological polar surface area (TPSA) is 30.5 Å². The molecule has 0 spiro atoms. The van der Waals surface area contributed by atoms with E-state index in [0.29, 0.717) is 0 Å². The summed E-state index contributed by atoms with van der Waals surface area (Å²) in [6.07, 6.45) is 0. The van der Waals surface area contributed by atoms with E-state index in [-0.39, 0.29) is 0 Å². The molecule has 106 valence electrons. The zero-order chi connectivity index (χ0) is 14.4. The van der Waals surface area contributed by atoms with Gasteiger partial charge >= 0.3 is 0 Å². The number of rotatable bonds is 6. The highest BCUT2D eigenvalue weighted by Crippen LogP contribution is 2.22. The predicted molar refractivity (Wildman–Crippen MR) is 81.5 cm³/mol. The number of halogens is 1. The monoisotopic (exact) mass is 291 g/mol. The Morgan fingerprint density at radius 3 is 1.95 bits per heavy atom. The van der Waals surface area contributed by atoms with Crippen LogP contribution in [0.15, 0.2) is 42.5 Å². The molecular formula is C16H18ClNO2. The van der Waals surface area contributed by atoms with Crippen molar-refractivity contribution in [3.8, 4) is 11.5 Å². The molecule has 0 unspecified atom stereocenters. The number of ether oxygens (including phenoxy) is 2. The van der Waals surface area contributed by atoms with E-state index in [1.807, 2.05) is 42.5 Å². The van der Waals surface area contributed by atoms with E-state index in [4.69, 9.17) is 21.1 Å². The van der Waals surface area contributed by atoms with Crippen molar-refractivity contribution in [1.29, 1.82) is 0 Å². The van der Waals surface area contributed by atoms with Crippen molar-refractivity contribution >= 4 is 11.6 Å². The number of hydrogen-bond donors (Lipinski definition) is 1. The minimum Gasteiger partial charge on any atom is -0.497 e. The van der Waals surface area contributed by atoms with Gasteiger partial charge in [-0.2, -0.15) is 0 Å². The van der Waals surface area contributed by atoms with Crippen LogP contribution >= 0.6 is 11.6 Å². The van der Waals surface area contributed by atoms with Gasteiger partial charge in [-0.15, -0.1) is 0 Å². The Balaban J connectivity index is 1.94. The van der Waals surface area contributed by atoms with Gasteiger partial charge in [0.15, 0.2) is 0 Å². The smallest absolute Gasteiger partial charge is 0.122 e. The lowest BCUT2D eigenvalue weighted by Gasteiger charge is -2.09. The van der Waals surface area contributed by atoms with Gasteiger partial charge in [0, 0.05) is 24.2 Å². The maximum Gasteiger partial charge on any atom is 0.122 e. The number of benzene rings is 2. The number of methoxy groups -OCH3 is 2. The van der Waals surface area contributed by atoms with Crippen LogP contribution in [0.4, 0.5) is 0 Å². The van der Waals surface area contributed by atoms with Gasteiger partial charge in [-0.1, -0.05) is 23.7 Å². The molecule has 3 nitrogen and oxygen atoms in total. The molecule has 0 aromatic heterocycles. The molecule has 4 heteroatoms. The van der Waals surface area contributed by atoms with Crippen LogP contribution in [0.1, 0.15) is 11.1 Å². The van der Waals surface area contributed by atoms with Crippen LogP contribution in [0, 0.1) is 0 Å². The summed E-state index contributed by atoms with van der Waals surface area (Å²) in [7, 11) is 3.30. The van der Waals surface area contributed by atoms with Gasteiger partial charge in [0.25, 0.3) is 0 Å². The maximum absolute atomic E-state index is 5.86. The molecule has 0 saturated carbocycles. The van der Waals surface area contributed by atoms with Crippen LogP contribution in [0.5, 0.6) is 11.5 Å². The molecule has 0 atom stereocenters. The van der Waals surface area contributed by atoms with Gasteiger partial charge in [0.2, 0.25) is 0 Å². The van der Waals surface area contributed by atoms with E-state index in [1.54, 1.807) is 14.2 Å². The first kappa shape index (κ1) is 14.7. The third kappa shape index (κ3) is 4.15. The van der Waals surface area contributed by atoms with Gasteiger partial charge in [-0.25, -0.2) is 0 Å². The Hall–Kier alpha value is -1.71. The van der Waals surface area contributed by atoms with Gasteiger partial charge in [-0.05, 0) is 35.4 Å². The van der Waals surface area contributed by atoms with Gasteiger partial charge in [0.1, 0.15) is 11.5 Å². The molecule has 0 bridgehead atoms. The third-order valence-corrected chi connectivity index (χ3v) is 3.23. The fraction of sp³-hybridized carbons (Fsp3) is 0.250. The molecule has 0 aliphatic heterocycles. The van der Waals surface area contributed by atoms with E-state index in [0.717, 1.165) is 35.2 Å². The molecule has 0 amide bonds. The van der Waals surface area contributed by atoms with Crippen LogP contribution in [-0.2, 0) is 13.1 Å². The summed E-state index contributed by atoms with van der Waals surface area (Å²) in [5, 5.41) is 4.14. The van der Waals surface area contributed by atoms with Crippen molar-refractivity contribution < 1.29 is 9.47 Å². The first-order chi connectivity index (χ1) is 9.71. The fourth-order valence-corrected chi connectivity index (χ4v) is 2.05. The Morgan fingerprint density at radius 2 is 1.40 bits per heavy atom. The van der Waals surface area contributed by atoms with Crippen molar-refractivity contribution in [2.45, 2.75) is 13.1 Å². The molecule has 20 heavy (non-hydrogen) atoms. The van der Waals surface area contributed by atoms with Crippen LogP contribution in [0.2, 0.25) is 5.02 Å². The molecule has 0 heterocycles. The lowest BCUT2D eigenvalue weighted by atomic mass is 10.2. The Labute approximate surface area is 124 Å². The minimum atomic E-state index is 0.746. The van der Waals surface area contributed by atoms with Crippen molar-refractivity contribution in [2.24, 2.45) is 0 Å². The normalized spacial score (nSPS) is 10.3. The predicted octanol–water partition coefficient (Wildman–Crippen LogP) is 3.65. The second kappa shape index (κ2) is 7.17. The summed E-state index contributed by atoms with van der Waals surface area (Å²) in [5.74, 6) is 1.60. The summed E-state index contributed by atoms with van der Waals surface area (Å²) >= 11 is 5.86. The quantitative estimate of drug-likeness (QED) is 0.881. The molecule has 0 aliphatic rings. The largest absolute Gasteiger partial charge is 0.497 e. The standard InChI is InChI=1S/C16H18ClNO2/c1-19-15-7-13(8-16(9-15)20-2)11-18-10-12-3-5-14(17)6-4-12/h3-9,18H,10-11H2,1-2H3. The number of hydrogen-bond acceptors (Lipinski definition) is 3. The van der Waals surface area contributed by atoms with Crippen LogP contribution in [-0.4, -0.2) is 14.2 Å². The molecular weight excluding hydrogens is 274 g/mol. The van der Waals surface area contributed by atoms with Crippen molar-refractivity contribution in [2.75, 3.05) is 14.2 Å². The van der Waals surface area contributed by atoms with Crippen molar-refractivity contribution in [3.05, 3.63) is 58.6 Å². The molecule has 0 saturated heterocycles. The number of nitrogens with one attached hydrogen (secondary N) is 1. The molecule has 2 aromatic rings. The van der Waals surface area contributed by atoms with Crippen LogP contribution in [0.25, 0.3) is 0 Å². The molecule has 0 aliphatic carbocycles. The van der Waals surface area contributed by atoms with Gasteiger partial charge in [0.05, 0.1) is 14.2 Å².